The maximum atomic E-state index is 12.0. The third-order valence-electron chi connectivity index (χ3n) is 3.33. The van der Waals surface area contributed by atoms with Crippen molar-refractivity contribution in [2.45, 2.75) is 0 Å². The molecule has 1 amide bonds. The molecule has 0 spiro atoms. The number of carbonyl (C=O) groups is 1. The van der Waals surface area contributed by atoms with Gasteiger partial charge in [-0.15, -0.1) is 10.2 Å². The molecule has 1 fully saturated rings. The largest absolute Gasteiger partial charge is 0.506 e. The minimum Gasteiger partial charge on any atom is -0.506 e. The van der Waals surface area contributed by atoms with Crippen molar-refractivity contribution in [2.24, 2.45) is 0 Å². The van der Waals surface area contributed by atoms with Crippen LogP contribution in [0.5, 0.6) is 5.75 Å². The van der Waals surface area contributed by atoms with Gasteiger partial charge in [-0.05, 0) is 17.3 Å². The monoisotopic (exact) mass is 274 g/mol. The maximum absolute atomic E-state index is 12.0. The number of aromatic nitrogens is 4. The number of benzene rings is 1. The van der Waals surface area contributed by atoms with E-state index in [9.17, 15) is 9.90 Å². The molecule has 1 aromatic carbocycles. The fourth-order valence-corrected chi connectivity index (χ4v) is 2.28. The minimum atomic E-state index is -0.226. The molecule has 0 aliphatic carbocycles. The number of phenols is 1. The van der Waals surface area contributed by atoms with Gasteiger partial charge < -0.3 is 14.9 Å². The average Bonchev–Trinajstić information content (AvgIpc) is 3.01. The van der Waals surface area contributed by atoms with E-state index in [0.29, 0.717) is 26.2 Å². The number of amides is 1. The Morgan fingerprint density at radius 1 is 1.20 bits per heavy atom. The SMILES string of the molecule is O=C(c1nn[nH]n1)N1CCN(c2ccccc2O)CC1. The number of piperazine rings is 1. The van der Waals surface area contributed by atoms with E-state index in [1.165, 1.54) is 0 Å². The van der Waals surface area contributed by atoms with Gasteiger partial charge in [0.2, 0.25) is 0 Å². The second kappa shape index (κ2) is 5.16. The van der Waals surface area contributed by atoms with Crippen LogP contribution in [0.1, 0.15) is 10.6 Å². The van der Waals surface area contributed by atoms with Gasteiger partial charge in [0.05, 0.1) is 5.69 Å². The average molecular weight is 274 g/mol. The summed E-state index contributed by atoms with van der Waals surface area (Å²) in [6.45, 7) is 2.42. The number of aromatic amines is 1. The van der Waals surface area contributed by atoms with Gasteiger partial charge in [0, 0.05) is 26.2 Å². The molecule has 8 nitrogen and oxygen atoms in total. The van der Waals surface area contributed by atoms with Gasteiger partial charge >= 0.3 is 0 Å². The number of nitrogens with one attached hydrogen (secondary N) is 1. The van der Waals surface area contributed by atoms with Crippen LogP contribution in [-0.2, 0) is 0 Å². The number of para-hydroxylation sites is 2. The lowest BCUT2D eigenvalue weighted by molar-refractivity contribution is 0.0734. The molecule has 104 valence electrons. The van der Waals surface area contributed by atoms with Crippen molar-refractivity contribution in [3.05, 3.63) is 30.1 Å². The molecule has 1 aromatic heterocycles. The first-order valence-corrected chi connectivity index (χ1v) is 6.31. The predicted octanol–water partition coefficient (Wildman–Crippen LogP) is -0.132. The summed E-state index contributed by atoms with van der Waals surface area (Å²) in [4.78, 5) is 15.8. The van der Waals surface area contributed by atoms with Crippen LogP contribution < -0.4 is 4.90 Å². The van der Waals surface area contributed by atoms with Gasteiger partial charge in [0.15, 0.2) is 0 Å². The molecule has 0 saturated carbocycles. The highest BCUT2D eigenvalue weighted by atomic mass is 16.3. The van der Waals surface area contributed by atoms with Crippen molar-refractivity contribution < 1.29 is 9.90 Å². The summed E-state index contributed by atoms with van der Waals surface area (Å²) in [6, 6.07) is 7.19. The van der Waals surface area contributed by atoms with Gasteiger partial charge in [-0.2, -0.15) is 5.21 Å². The van der Waals surface area contributed by atoms with Crippen LogP contribution in [0.15, 0.2) is 24.3 Å². The fourth-order valence-electron chi connectivity index (χ4n) is 2.28. The van der Waals surface area contributed by atoms with E-state index in [2.05, 4.69) is 25.5 Å². The van der Waals surface area contributed by atoms with Crippen molar-refractivity contribution in [3.63, 3.8) is 0 Å². The van der Waals surface area contributed by atoms with Crippen molar-refractivity contribution >= 4 is 11.6 Å². The Kier molecular flexibility index (Phi) is 3.20. The van der Waals surface area contributed by atoms with Crippen LogP contribution in [0.4, 0.5) is 5.69 Å². The van der Waals surface area contributed by atoms with Crippen LogP contribution in [0.3, 0.4) is 0 Å². The van der Waals surface area contributed by atoms with Crippen LogP contribution in [0, 0.1) is 0 Å². The summed E-state index contributed by atoms with van der Waals surface area (Å²) < 4.78 is 0. The Bertz CT molecular complexity index is 592. The highest BCUT2D eigenvalue weighted by Crippen LogP contribution is 2.27. The van der Waals surface area contributed by atoms with E-state index in [-0.39, 0.29) is 17.5 Å². The molecule has 1 aliphatic rings. The zero-order valence-electron chi connectivity index (χ0n) is 10.7. The first-order chi connectivity index (χ1) is 9.75. The lowest BCUT2D eigenvalue weighted by Gasteiger charge is -2.35. The van der Waals surface area contributed by atoms with E-state index < -0.39 is 0 Å². The molecular formula is C12H14N6O2. The number of rotatable bonds is 2. The van der Waals surface area contributed by atoms with E-state index >= 15 is 0 Å². The Hall–Kier alpha value is -2.64. The smallest absolute Gasteiger partial charge is 0.295 e. The molecule has 20 heavy (non-hydrogen) atoms. The number of aromatic hydroxyl groups is 1. The summed E-state index contributed by atoms with van der Waals surface area (Å²) in [5.74, 6) is 0.113. The summed E-state index contributed by atoms with van der Waals surface area (Å²) in [5.41, 5.74) is 0.791. The molecule has 0 atom stereocenters. The third kappa shape index (κ3) is 2.27. The summed E-state index contributed by atoms with van der Waals surface area (Å²) in [7, 11) is 0. The molecule has 0 radical (unpaired) electrons. The number of hydrogen-bond acceptors (Lipinski definition) is 6. The quantitative estimate of drug-likeness (QED) is 0.791. The van der Waals surface area contributed by atoms with Crippen molar-refractivity contribution in [1.29, 1.82) is 0 Å². The molecule has 1 saturated heterocycles. The molecule has 2 heterocycles. The molecule has 3 rings (SSSR count). The number of anilines is 1. The van der Waals surface area contributed by atoms with Crippen LogP contribution in [0.2, 0.25) is 0 Å². The molecule has 2 aromatic rings. The Morgan fingerprint density at radius 2 is 1.95 bits per heavy atom. The predicted molar refractivity (Wildman–Crippen MR) is 70.4 cm³/mol. The zero-order chi connectivity index (χ0) is 13.9. The fraction of sp³-hybridized carbons (Fsp3) is 0.333. The molecular weight excluding hydrogens is 260 g/mol. The van der Waals surface area contributed by atoms with Crippen LogP contribution in [0.25, 0.3) is 0 Å². The number of nitrogens with zero attached hydrogens (tertiary/aromatic N) is 5. The number of hydrogen-bond donors (Lipinski definition) is 2. The molecule has 0 bridgehead atoms. The topological polar surface area (TPSA) is 98.2 Å². The Labute approximate surface area is 115 Å². The molecule has 8 heteroatoms. The van der Waals surface area contributed by atoms with Crippen LogP contribution >= 0.6 is 0 Å². The van der Waals surface area contributed by atoms with Crippen molar-refractivity contribution in [2.75, 3.05) is 31.1 Å². The van der Waals surface area contributed by atoms with Gasteiger partial charge in [0.25, 0.3) is 11.7 Å². The summed E-state index contributed by atoms with van der Waals surface area (Å²) in [6.07, 6.45) is 0. The highest BCUT2D eigenvalue weighted by Gasteiger charge is 2.25. The number of phenolic OH excluding ortho intramolecular Hbond substituents is 1. The van der Waals surface area contributed by atoms with Crippen molar-refractivity contribution in [3.8, 4) is 5.75 Å². The standard InChI is InChI=1S/C12H14N6O2/c19-10-4-2-1-3-9(10)17-5-7-18(8-6-17)12(20)11-13-15-16-14-11/h1-4,19H,5-8H2,(H,13,14,15,16). The number of H-pyrrole nitrogens is 1. The second-order valence-corrected chi connectivity index (χ2v) is 4.50. The summed E-state index contributed by atoms with van der Waals surface area (Å²) in [5, 5.41) is 22.9. The van der Waals surface area contributed by atoms with E-state index in [1.807, 2.05) is 12.1 Å². The Balaban J connectivity index is 1.65. The van der Waals surface area contributed by atoms with Gasteiger partial charge in [-0.25, -0.2) is 0 Å². The third-order valence-corrected chi connectivity index (χ3v) is 3.33. The minimum absolute atomic E-state index is 0.0843. The molecule has 2 N–H and O–H groups in total. The van der Waals surface area contributed by atoms with Crippen LogP contribution in [-0.4, -0.2) is 62.7 Å². The number of carbonyl (C=O) groups excluding carboxylic acids is 1. The first-order valence-electron chi connectivity index (χ1n) is 6.31. The second-order valence-electron chi connectivity index (χ2n) is 4.50. The van der Waals surface area contributed by atoms with E-state index in [0.717, 1.165) is 5.69 Å². The zero-order valence-corrected chi connectivity index (χ0v) is 10.7. The van der Waals surface area contributed by atoms with Gasteiger partial charge in [0.1, 0.15) is 5.75 Å². The summed E-state index contributed by atoms with van der Waals surface area (Å²) >= 11 is 0. The normalized spacial score (nSPS) is 15.4. The van der Waals surface area contributed by atoms with E-state index in [4.69, 9.17) is 0 Å². The van der Waals surface area contributed by atoms with E-state index in [1.54, 1.807) is 17.0 Å². The lowest BCUT2D eigenvalue weighted by atomic mass is 10.2. The highest BCUT2D eigenvalue weighted by molar-refractivity contribution is 5.90. The van der Waals surface area contributed by atoms with Gasteiger partial charge in [-0.1, -0.05) is 12.1 Å². The number of tetrazole rings is 1. The Morgan fingerprint density at radius 3 is 2.60 bits per heavy atom. The first kappa shape index (κ1) is 12.4. The molecule has 1 aliphatic heterocycles. The van der Waals surface area contributed by atoms with Crippen molar-refractivity contribution in [1.82, 2.24) is 25.5 Å². The lowest BCUT2D eigenvalue weighted by Crippen LogP contribution is -2.49. The maximum Gasteiger partial charge on any atom is 0.295 e. The molecule has 0 unspecified atom stereocenters. The van der Waals surface area contributed by atoms with Gasteiger partial charge in [-0.3, -0.25) is 4.79 Å².